The van der Waals surface area contributed by atoms with Crippen LogP contribution in [0, 0.1) is 0 Å². The van der Waals surface area contributed by atoms with Crippen LogP contribution in [-0.2, 0) is 65.4 Å². The van der Waals surface area contributed by atoms with Crippen molar-refractivity contribution in [2.75, 3.05) is 39.6 Å². The summed E-state index contributed by atoms with van der Waals surface area (Å²) in [5.41, 5.74) is 0. The first-order valence-corrected chi connectivity index (χ1v) is 41.1. The van der Waals surface area contributed by atoms with Gasteiger partial charge in [0.2, 0.25) is 0 Å². The molecule has 0 saturated heterocycles. The van der Waals surface area contributed by atoms with Gasteiger partial charge in [-0.3, -0.25) is 37.3 Å². The molecular formula is C81H134O17P2. The van der Waals surface area contributed by atoms with Crippen molar-refractivity contribution < 1.29 is 80.2 Å². The normalized spacial score (nSPS) is 14.8. The average Bonchev–Trinajstić information content (AvgIpc) is 1.01. The lowest BCUT2D eigenvalue weighted by molar-refractivity contribution is -0.161. The third kappa shape index (κ3) is 71.3. The van der Waals surface area contributed by atoms with Gasteiger partial charge in [0, 0.05) is 19.3 Å². The van der Waals surface area contributed by atoms with E-state index < -0.39 is 97.5 Å². The highest BCUT2D eigenvalue weighted by atomic mass is 31.2. The second kappa shape index (κ2) is 72.3. The van der Waals surface area contributed by atoms with Gasteiger partial charge in [-0.15, -0.1) is 0 Å². The Hall–Kier alpha value is -5.06. The predicted octanol–water partition coefficient (Wildman–Crippen LogP) is 21.9. The zero-order chi connectivity index (χ0) is 73.2. The monoisotopic (exact) mass is 1440 g/mol. The Balaban J connectivity index is 5.46. The Labute approximate surface area is 605 Å². The van der Waals surface area contributed by atoms with E-state index in [2.05, 4.69) is 149 Å². The van der Waals surface area contributed by atoms with Gasteiger partial charge in [-0.2, -0.15) is 0 Å². The van der Waals surface area contributed by atoms with Crippen molar-refractivity contribution in [1.29, 1.82) is 0 Å². The van der Waals surface area contributed by atoms with Crippen molar-refractivity contribution in [3.05, 3.63) is 146 Å². The number of phosphoric acid groups is 2. The Morgan fingerprint density at radius 2 is 0.560 bits per heavy atom. The van der Waals surface area contributed by atoms with Crippen molar-refractivity contribution >= 4 is 39.5 Å². The van der Waals surface area contributed by atoms with Crippen LogP contribution in [0.15, 0.2) is 146 Å². The molecule has 570 valence electrons. The summed E-state index contributed by atoms with van der Waals surface area (Å²) in [6, 6.07) is 0. The van der Waals surface area contributed by atoms with E-state index in [9.17, 15) is 43.2 Å². The van der Waals surface area contributed by atoms with Crippen LogP contribution in [-0.4, -0.2) is 96.7 Å². The van der Waals surface area contributed by atoms with Crippen molar-refractivity contribution in [1.82, 2.24) is 0 Å². The molecule has 0 amide bonds. The van der Waals surface area contributed by atoms with E-state index >= 15 is 0 Å². The summed E-state index contributed by atoms with van der Waals surface area (Å²) in [5, 5.41) is 10.6. The minimum absolute atomic E-state index is 0.0616. The van der Waals surface area contributed by atoms with E-state index in [4.69, 9.17) is 37.0 Å². The molecule has 0 aliphatic carbocycles. The summed E-state index contributed by atoms with van der Waals surface area (Å²) >= 11 is 0. The molecule has 0 spiro atoms. The quantitative estimate of drug-likeness (QED) is 0.0169. The average molecular weight is 1440 g/mol. The highest BCUT2D eigenvalue weighted by molar-refractivity contribution is 7.47. The lowest BCUT2D eigenvalue weighted by Crippen LogP contribution is -2.30. The summed E-state index contributed by atoms with van der Waals surface area (Å²) in [6.45, 7) is 4.35. The highest BCUT2D eigenvalue weighted by Crippen LogP contribution is 2.45. The highest BCUT2D eigenvalue weighted by Gasteiger charge is 2.30. The van der Waals surface area contributed by atoms with Crippen molar-refractivity contribution in [3.63, 3.8) is 0 Å². The molecule has 5 unspecified atom stereocenters. The summed E-state index contributed by atoms with van der Waals surface area (Å²) in [7, 11) is -10.00. The Bertz CT molecular complexity index is 2470. The van der Waals surface area contributed by atoms with Gasteiger partial charge >= 0.3 is 39.5 Å². The lowest BCUT2D eigenvalue weighted by atomic mass is 10.1. The Morgan fingerprint density at radius 3 is 0.900 bits per heavy atom. The number of ether oxygens (including phenoxy) is 4. The smallest absolute Gasteiger partial charge is 0.462 e. The molecule has 0 aliphatic heterocycles. The van der Waals surface area contributed by atoms with Gasteiger partial charge in [0.15, 0.2) is 12.2 Å². The zero-order valence-corrected chi connectivity index (χ0v) is 63.9. The molecule has 0 aromatic carbocycles. The van der Waals surface area contributed by atoms with Gasteiger partial charge in [0.25, 0.3) is 0 Å². The van der Waals surface area contributed by atoms with Crippen LogP contribution in [0.3, 0.4) is 0 Å². The standard InChI is InChI=1S/C81H134O17P2/c1-5-9-13-17-21-25-29-33-37-41-45-49-53-57-61-65-78(83)91-71-76(97-80(85)67-63-59-55-51-47-43-39-35-31-27-23-19-15-11-7-3)73-95-99(87,88)93-69-75(82)70-94-100(89,90)96-74-77(98-81(86)68-64-60-56-52-48-44-40-36-32-28-24-20-16-12-8-4)72-92-79(84)66-62-58-54-50-46-42-38-34-30-26-22-18-14-10-6-2/h9-11,13-15,21-23,25-27,33-40,46,50,58,62,75-77,82H,5-8,12,16-20,24,28-32,41-45,47-49,51-57,59-61,63-74H2,1-4H3,(H,87,88)(H,89,90)/b13-9-,14-10-,15-11-,25-21-,26-22-,27-23-,37-33-,38-34-,39-35-,40-36-,50-46-,62-58-. The van der Waals surface area contributed by atoms with Crippen molar-refractivity contribution in [2.24, 2.45) is 0 Å². The van der Waals surface area contributed by atoms with Crippen LogP contribution in [0.4, 0.5) is 0 Å². The number of unbranched alkanes of at least 4 members (excludes halogenated alkanes) is 21. The van der Waals surface area contributed by atoms with Gasteiger partial charge in [0.05, 0.1) is 32.8 Å². The molecule has 0 saturated carbocycles. The van der Waals surface area contributed by atoms with Crippen LogP contribution in [0.5, 0.6) is 0 Å². The first-order chi connectivity index (χ1) is 48.7. The molecule has 0 radical (unpaired) electrons. The number of aliphatic hydroxyl groups excluding tert-OH is 1. The lowest BCUT2D eigenvalue weighted by Gasteiger charge is -2.21. The fourth-order valence-corrected chi connectivity index (χ4v) is 11.2. The number of carbonyl (C=O) groups excluding carboxylic acids is 4. The molecule has 19 heteroatoms. The van der Waals surface area contributed by atoms with Gasteiger partial charge in [-0.1, -0.05) is 263 Å². The molecule has 0 bridgehead atoms. The second-order valence-corrected chi connectivity index (χ2v) is 27.7. The molecule has 0 aliphatic rings. The van der Waals surface area contributed by atoms with E-state index in [1.54, 1.807) is 6.08 Å². The van der Waals surface area contributed by atoms with E-state index in [-0.39, 0.29) is 25.7 Å². The molecule has 0 rings (SSSR count). The maximum absolute atomic E-state index is 13.1. The van der Waals surface area contributed by atoms with Gasteiger partial charge in [-0.25, -0.2) is 9.13 Å². The number of allylic oxidation sites excluding steroid dienone is 23. The topological polar surface area (TPSA) is 237 Å². The van der Waals surface area contributed by atoms with Gasteiger partial charge < -0.3 is 33.8 Å². The van der Waals surface area contributed by atoms with Crippen molar-refractivity contribution in [3.8, 4) is 0 Å². The molecule has 0 aromatic heterocycles. The van der Waals surface area contributed by atoms with Crippen LogP contribution < -0.4 is 0 Å². The number of carbonyl (C=O) groups is 4. The first-order valence-electron chi connectivity index (χ1n) is 38.1. The van der Waals surface area contributed by atoms with E-state index in [0.717, 1.165) is 167 Å². The largest absolute Gasteiger partial charge is 0.472 e. The van der Waals surface area contributed by atoms with Crippen molar-refractivity contribution in [2.45, 2.75) is 303 Å². The fraction of sp³-hybridized carbons (Fsp3) is 0.654. The molecule has 17 nitrogen and oxygen atoms in total. The van der Waals surface area contributed by atoms with Gasteiger partial charge in [0.1, 0.15) is 19.3 Å². The minimum Gasteiger partial charge on any atom is -0.462 e. The maximum Gasteiger partial charge on any atom is 0.472 e. The third-order valence-electron chi connectivity index (χ3n) is 15.3. The summed E-state index contributed by atoms with van der Waals surface area (Å²) < 4.78 is 68.3. The fourth-order valence-electron chi connectivity index (χ4n) is 9.61. The number of rotatable bonds is 70. The predicted molar refractivity (Wildman–Crippen MR) is 408 cm³/mol. The summed E-state index contributed by atoms with van der Waals surface area (Å²) in [4.78, 5) is 72.8. The Morgan fingerprint density at radius 1 is 0.300 bits per heavy atom. The molecule has 3 N–H and O–H groups in total. The summed E-state index contributed by atoms with van der Waals surface area (Å²) in [6.07, 6.45) is 81.5. The van der Waals surface area contributed by atoms with E-state index in [0.29, 0.717) is 25.7 Å². The molecule has 0 heterocycles. The molecule has 0 fully saturated rings. The number of phosphoric ester groups is 2. The van der Waals surface area contributed by atoms with Crippen LogP contribution in [0.1, 0.15) is 285 Å². The van der Waals surface area contributed by atoms with Crippen LogP contribution in [0.25, 0.3) is 0 Å². The van der Waals surface area contributed by atoms with Crippen LogP contribution >= 0.6 is 15.6 Å². The maximum atomic E-state index is 13.1. The van der Waals surface area contributed by atoms with Crippen LogP contribution in [0.2, 0.25) is 0 Å². The Kier molecular flexibility index (Phi) is 68.6. The molecule has 100 heavy (non-hydrogen) atoms. The number of hydrogen-bond acceptors (Lipinski definition) is 15. The zero-order valence-electron chi connectivity index (χ0n) is 62.1. The van der Waals surface area contributed by atoms with E-state index in [1.807, 2.05) is 18.2 Å². The second-order valence-electron chi connectivity index (χ2n) is 24.8. The molecule has 0 aromatic rings. The SMILES string of the molecule is CC/C=C\C/C=C\C/C=C\C/C=C\C/C=C\CC(=O)OCC(COP(=O)(O)OCC(O)COP(=O)(O)OCC(COC(=O)CCCCCCC/C=C\C/C=C\C/C=C\CC)OC(=O)CCCCCCC/C=C\C/C=C\C/C=C\CC)OC(=O)CCCCCCC/C=C\CCCCCCCC. The summed E-state index contributed by atoms with van der Waals surface area (Å²) in [5.74, 6) is -2.38. The number of aliphatic hydroxyl groups is 1. The number of hydrogen-bond donors (Lipinski definition) is 3. The molecular weight excluding hydrogens is 1310 g/mol. The first kappa shape index (κ1) is 94.9. The van der Waals surface area contributed by atoms with E-state index in [1.165, 1.54) is 38.5 Å². The number of esters is 4. The third-order valence-corrected chi connectivity index (χ3v) is 17.2. The minimum atomic E-state index is -5.00. The molecule has 5 atom stereocenters. The van der Waals surface area contributed by atoms with Gasteiger partial charge in [-0.05, 0) is 141 Å².